The van der Waals surface area contributed by atoms with Crippen LogP contribution in [0.5, 0.6) is 0 Å². The normalized spacial score (nSPS) is 22.5. The van der Waals surface area contributed by atoms with Crippen LogP contribution in [0.2, 0.25) is 0 Å². The quantitative estimate of drug-likeness (QED) is 0.876. The molecule has 0 aliphatic carbocycles. The minimum Gasteiger partial charge on any atom is -0.368 e. The van der Waals surface area contributed by atoms with E-state index in [0.717, 1.165) is 18.4 Å². The van der Waals surface area contributed by atoms with Gasteiger partial charge in [0, 0.05) is 39.3 Å². The van der Waals surface area contributed by atoms with Crippen molar-refractivity contribution >= 4 is 11.8 Å². The number of amides is 2. The van der Waals surface area contributed by atoms with Crippen LogP contribution in [0.25, 0.3) is 0 Å². The van der Waals surface area contributed by atoms with Gasteiger partial charge in [0.05, 0.1) is 5.92 Å². The third-order valence-corrected chi connectivity index (χ3v) is 4.84. The monoisotopic (exact) mass is 331 g/mol. The predicted molar refractivity (Wildman–Crippen MR) is 90.4 cm³/mol. The summed E-state index contributed by atoms with van der Waals surface area (Å²) in [6.07, 6.45) is 1.47. The van der Waals surface area contributed by atoms with E-state index in [-0.39, 0.29) is 30.4 Å². The molecule has 2 fully saturated rings. The van der Waals surface area contributed by atoms with E-state index >= 15 is 0 Å². The van der Waals surface area contributed by atoms with Crippen LogP contribution in [-0.2, 0) is 14.3 Å². The fourth-order valence-corrected chi connectivity index (χ4v) is 3.41. The summed E-state index contributed by atoms with van der Waals surface area (Å²) in [6.45, 7) is 3.20. The molecule has 0 radical (unpaired) electrons. The van der Waals surface area contributed by atoms with Crippen molar-refractivity contribution in [2.24, 2.45) is 5.73 Å². The summed E-state index contributed by atoms with van der Waals surface area (Å²) in [6, 6.07) is 9.64. The highest BCUT2D eigenvalue weighted by Gasteiger charge is 2.33. The lowest BCUT2D eigenvalue weighted by Gasteiger charge is -2.37. The average Bonchev–Trinajstić information content (AvgIpc) is 3.17. The maximum atomic E-state index is 12.8. The molecule has 0 aromatic heterocycles. The van der Waals surface area contributed by atoms with Crippen molar-refractivity contribution < 1.29 is 14.3 Å². The molecule has 2 aliphatic heterocycles. The number of hydrogen-bond donors (Lipinski definition) is 1. The molecule has 2 aliphatic rings. The predicted octanol–water partition coefficient (Wildman–Crippen LogP) is 0.579. The van der Waals surface area contributed by atoms with E-state index in [0.29, 0.717) is 32.8 Å². The van der Waals surface area contributed by atoms with Gasteiger partial charge in [-0.15, -0.1) is 0 Å². The molecule has 2 N–H and O–H groups in total. The standard InChI is InChI=1S/C18H25N3O3/c19-13-15(14-5-2-1-3-6-14)17(22)20-8-10-21(11-9-20)18(23)16-7-4-12-24-16/h1-3,5-6,15-16H,4,7-13,19H2. The van der Waals surface area contributed by atoms with E-state index < -0.39 is 0 Å². The number of carbonyl (C=O) groups is 2. The Morgan fingerprint density at radius 1 is 1.12 bits per heavy atom. The highest BCUT2D eigenvalue weighted by atomic mass is 16.5. The van der Waals surface area contributed by atoms with Crippen LogP contribution in [0.3, 0.4) is 0 Å². The molecule has 24 heavy (non-hydrogen) atoms. The number of piperazine rings is 1. The topological polar surface area (TPSA) is 75.9 Å². The lowest BCUT2D eigenvalue weighted by atomic mass is 9.97. The van der Waals surface area contributed by atoms with Crippen molar-refractivity contribution in [2.45, 2.75) is 24.9 Å². The van der Waals surface area contributed by atoms with Crippen LogP contribution in [0.4, 0.5) is 0 Å². The van der Waals surface area contributed by atoms with Crippen molar-refractivity contribution in [3.63, 3.8) is 0 Å². The first-order valence-corrected chi connectivity index (χ1v) is 8.65. The number of nitrogens with two attached hydrogens (primary N) is 1. The smallest absolute Gasteiger partial charge is 0.251 e. The number of carbonyl (C=O) groups excluding carboxylic acids is 2. The van der Waals surface area contributed by atoms with Crippen LogP contribution in [-0.4, -0.2) is 67.0 Å². The van der Waals surface area contributed by atoms with E-state index in [1.165, 1.54) is 0 Å². The Labute approximate surface area is 142 Å². The molecule has 3 rings (SSSR count). The Hall–Kier alpha value is -1.92. The van der Waals surface area contributed by atoms with Gasteiger partial charge in [-0.3, -0.25) is 9.59 Å². The van der Waals surface area contributed by atoms with Gasteiger partial charge in [-0.1, -0.05) is 30.3 Å². The fraction of sp³-hybridized carbons (Fsp3) is 0.556. The molecule has 130 valence electrons. The minimum atomic E-state index is -0.313. The molecule has 2 saturated heterocycles. The highest BCUT2D eigenvalue weighted by Crippen LogP contribution is 2.20. The van der Waals surface area contributed by atoms with Crippen LogP contribution in [0.15, 0.2) is 30.3 Å². The van der Waals surface area contributed by atoms with E-state index in [1.54, 1.807) is 0 Å². The summed E-state index contributed by atoms with van der Waals surface area (Å²) < 4.78 is 5.47. The van der Waals surface area contributed by atoms with Gasteiger partial charge in [0.15, 0.2) is 0 Å². The Morgan fingerprint density at radius 3 is 2.38 bits per heavy atom. The molecule has 0 bridgehead atoms. The molecule has 6 heteroatoms. The third-order valence-electron chi connectivity index (χ3n) is 4.84. The zero-order chi connectivity index (χ0) is 16.9. The molecule has 1 aromatic rings. The van der Waals surface area contributed by atoms with Gasteiger partial charge in [0.25, 0.3) is 5.91 Å². The van der Waals surface area contributed by atoms with E-state index in [1.807, 2.05) is 40.1 Å². The molecule has 6 nitrogen and oxygen atoms in total. The van der Waals surface area contributed by atoms with Crippen molar-refractivity contribution in [2.75, 3.05) is 39.3 Å². The maximum Gasteiger partial charge on any atom is 0.251 e. The lowest BCUT2D eigenvalue weighted by molar-refractivity contribution is -0.146. The van der Waals surface area contributed by atoms with E-state index in [4.69, 9.17) is 10.5 Å². The summed E-state index contributed by atoms with van der Waals surface area (Å²) in [5, 5.41) is 0. The van der Waals surface area contributed by atoms with Gasteiger partial charge in [-0.25, -0.2) is 0 Å². The van der Waals surface area contributed by atoms with Gasteiger partial charge < -0.3 is 20.3 Å². The molecule has 1 aromatic carbocycles. The molecule has 2 unspecified atom stereocenters. The van der Waals surface area contributed by atoms with Crippen LogP contribution >= 0.6 is 0 Å². The first-order chi connectivity index (χ1) is 11.7. The molecular weight excluding hydrogens is 306 g/mol. The third kappa shape index (κ3) is 3.60. The Kier molecular flexibility index (Phi) is 5.48. The van der Waals surface area contributed by atoms with Crippen LogP contribution in [0.1, 0.15) is 24.3 Å². The lowest BCUT2D eigenvalue weighted by Crippen LogP contribution is -2.54. The average molecular weight is 331 g/mol. The number of rotatable bonds is 4. The largest absolute Gasteiger partial charge is 0.368 e. The van der Waals surface area contributed by atoms with E-state index in [9.17, 15) is 9.59 Å². The Bertz CT molecular complexity index is 564. The van der Waals surface area contributed by atoms with Crippen LogP contribution < -0.4 is 5.73 Å². The van der Waals surface area contributed by atoms with Gasteiger partial charge >= 0.3 is 0 Å². The summed E-state index contributed by atoms with van der Waals surface area (Å²) in [4.78, 5) is 28.8. The highest BCUT2D eigenvalue weighted by molar-refractivity contribution is 5.85. The minimum absolute atomic E-state index is 0.0490. The number of ether oxygens (including phenoxy) is 1. The van der Waals surface area contributed by atoms with Gasteiger partial charge in [-0.05, 0) is 18.4 Å². The van der Waals surface area contributed by atoms with Crippen molar-refractivity contribution in [3.8, 4) is 0 Å². The van der Waals surface area contributed by atoms with Gasteiger partial charge in [0.1, 0.15) is 6.10 Å². The zero-order valence-electron chi connectivity index (χ0n) is 13.9. The molecule has 2 amide bonds. The Balaban J connectivity index is 1.57. The fourth-order valence-electron chi connectivity index (χ4n) is 3.41. The van der Waals surface area contributed by atoms with Crippen molar-refractivity contribution in [1.29, 1.82) is 0 Å². The Morgan fingerprint density at radius 2 is 1.79 bits per heavy atom. The van der Waals surface area contributed by atoms with E-state index in [2.05, 4.69) is 0 Å². The summed E-state index contributed by atoms with van der Waals surface area (Å²) >= 11 is 0. The molecule has 2 atom stereocenters. The number of nitrogens with zero attached hydrogens (tertiary/aromatic N) is 2. The van der Waals surface area contributed by atoms with Gasteiger partial charge in [0.2, 0.25) is 5.91 Å². The first-order valence-electron chi connectivity index (χ1n) is 8.65. The molecule has 0 spiro atoms. The summed E-state index contributed by atoms with van der Waals surface area (Å²) in [7, 11) is 0. The zero-order valence-corrected chi connectivity index (χ0v) is 13.9. The van der Waals surface area contributed by atoms with Gasteiger partial charge in [-0.2, -0.15) is 0 Å². The molecular formula is C18H25N3O3. The number of benzene rings is 1. The summed E-state index contributed by atoms with van der Waals surface area (Å²) in [5.74, 6) is -0.197. The van der Waals surface area contributed by atoms with Crippen molar-refractivity contribution in [1.82, 2.24) is 9.80 Å². The molecule has 0 saturated carbocycles. The maximum absolute atomic E-state index is 12.8. The van der Waals surface area contributed by atoms with Crippen molar-refractivity contribution in [3.05, 3.63) is 35.9 Å². The SMILES string of the molecule is NCC(C(=O)N1CCN(C(=O)C2CCCO2)CC1)c1ccccc1. The van der Waals surface area contributed by atoms with Crippen LogP contribution in [0, 0.1) is 0 Å². The second kappa shape index (κ2) is 7.77. The second-order valence-electron chi connectivity index (χ2n) is 6.35. The molecule has 2 heterocycles. The first kappa shape index (κ1) is 16.9. The summed E-state index contributed by atoms with van der Waals surface area (Å²) in [5.41, 5.74) is 6.79. The number of hydrogen-bond acceptors (Lipinski definition) is 4. The second-order valence-corrected chi connectivity index (χ2v) is 6.35.